The van der Waals surface area contributed by atoms with Gasteiger partial charge < -0.3 is 9.73 Å². The molecule has 0 aliphatic heterocycles. The van der Waals surface area contributed by atoms with Crippen LogP contribution in [-0.4, -0.2) is 11.7 Å². The molecule has 0 atom stereocenters. The van der Waals surface area contributed by atoms with Gasteiger partial charge in [-0.25, -0.2) is 0 Å². The van der Waals surface area contributed by atoms with Gasteiger partial charge in [0.1, 0.15) is 5.76 Å². The van der Waals surface area contributed by atoms with Crippen LogP contribution < -0.4 is 5.32 Å². The average molecular weight is 331 g/mol. The number of amides is 1. The number of Topliss-reactive ketones (excluding diaryl/α,β-unsaturated/α-hetero) is 1. The van der Waals surface area contributed by atoms with Gasteiger partial charge in [0.25, 0.3) is 5.91 Å². The van der Waals surface area contributed by atoms with Crippen molar-refractivity contribution >= 4 is 17.4 Å². The molecule has 1 N–H and O–H groups in total. The van der Waals surface area contributed by atoms with Gasteiger partial charge in [0.2, 0.25) is 0 Å². The van der Waals surface area contributed by atoms with Crippen LogP contribution >= 0.6 is 0 Å². The summed E-state index contributed by atoms with van der Waals surface area (Å²) in [5, 5.41) is 2.83. The molecule has 3 aromatic rings. The van der Waals surface area contributed by atoms with Crippen LogP contribution in [0.4, 0.5) is 5.69 Å². The summed E-state index contributed by atoms with van der Waals surface area (Å²) in [6.45, 7) is 1.78. The van der Waals surface area contributed by atoms with Gasteiger partial charge >= 0.3 is 0 Å². The first-order chi connectivity index (χ1) is 12.1. The van der Waals surface area contributed by atoms with Crippen LogP contribution in [0.3, 0.4) is 0 Å². The molecule has 0 radical (unpaired) electrons. The molecule has 0 saturated heterocycles. The quantitative estimate of drug-likeness (QED) is 0.761. The van der Waals surface area contributed by atoms with E-state index in [9.17, 15) is 9.59 Å². The Balaban J connectivity index is 1.74. The molecule has 0 fully saturated rings. The van der Waals surface area contributed by atoms with Crippen molar-refractivity contribution < 1.29 is 14.0 Å². The van der Waals surface area contributed by atoms with Crippen molar-refractivity contribution in [3.8, 4) is 11.1 Å². The number of carbonyl (C=O) groups is 2. The lowest BCUT2D eigenvalue weighted by Crippen LogP contribution is -2.13. The number of anilines is 1. The second kappa shape index (κ2) is 6.06. The van der Waals surface area contributed by atoms with E-state index in [0.717, 1.165) is 16.7 Å². The second-order valence-electron chi connectivity index (χ2n) is 6.17. The smallest absolute Gasteiger partial charge is 0.291 e. The molecule has 25 heavy (non-hydrogen) atoms. The maximum Gasteiger partial charge on any atom is 0.291 e. The molecular formula is C21H17NO3. The normalized spacial score (nSPS) is 12.9. The Kier molecular flexibility index (Phi) is 3.73. The van der Waals surface area contributed by atoms with E-state index in [-0.39, 0.29) is 17.5 Å². The van der Waals surface area contributed by atoms with Crippen molar-refractivity contribution in [2.45, 2.75) is 19.8 Å². The lowest BCUT2D eigenvalue weighted by molar-refractivity contribution is 0.0995. The minimum atomic E-state index is -0.345. The first kappa shape index (κ1) is 15.4. The second-order valence-corrected chi connectivity index (χ2v) is 6.17. The van der Waals surface area contributed by atoms with Gasteiger partial charge in [0.05, 0.1) is 5.69 Å². The third kappa shape index (κ3) is 2.76. The Hall–Kier alpha value is -3.14. The summed E-state index contributed by atoms with van der Waals surface area (Å²) in [7, 11) is 0. The summed E-state index contributed by atoms with van der Waals surface area (Å²) in [6.07, 6.45) is 1.17. The zero-order valence-electron chi connectivity index (χ0n) is 13.8. The van der Waals surface area contributed by atoms with Crippen molar-refractivity contribution in [1.29, 1.82) is 0 Å². The average Bonchev–Trinajstić information content (AvgIpc) is 3.23. The summed E-state index contributed by atoms with van der Waals surface area (Å²) in [4.78, 5) is 24.8. The summed E-state index contributed by atoms with van der Waals surface area (Å²) in [6, 6.07) is 17.1. The fraction of sp³-hybridized carbons (Fsp3) is 0.143. The largest absolute Gasteiger partial charge is 0.456 e. The van der Waals surface area contributed by atoms with E-state index in [0.29, 0.717) is 29.9 Å². The van der Waals surface area contributed by atoms with E-state index < -0.39 is 0 Å². The van der Waals surface area contributed by atoms with Crippen molar-refractivity contribution in [2.75, 3.05) is 5.32 Å². The minimum absolute atomic E-state index is 0.0682. The SMILES string of the molecule is Cc1ccc(C(=O)Nc2ccc(-c3ccccc3)c3c2C(=O)CC3)o1. The standard InChI is InChI=1S/C21H17NO3/c1-13-7-12-19(25-13)21(24)22-17-10-8-15(14-5-3-2-4-6-14)16-9-11-18(23)20(16)17/h2-8,10,12H,9,11H2,1H3,(H,22,24). The van der Waals surface area contributed by atoms with E-state index in [1.165, 1.54) is 0 Å². The highest BCUT2D eigenvalue weighted by atomic mass is 16.3. The third-order valence-corrected chi connectivity index (χ3v) is 4.49. The maximum atomic E-state index is 12.4. The molecule has 0 spiro atoms. The molecule has 1 heterocycles. The number of ketones is 1. The number of furan rings is 1. The van der Waals surface area contributed by atoms with Gasteiger partial charge in [-0.15, -0.1) is 0 Å². The minimum Gasteiger partial charge on any atom is -0.456 e. The van der Waals surface area contributed by atoms with Gasteiger partial charge in [-0.1, -0.05) is 36.4 Å². The molecule has 1 aromatic heterocycles. The lowest BCUT2D eigenvalue weighted by Gasteiger charge is -2.13. The van der Waals surface area contributed by atoms with Crippen LogP contribution in [0, 0.1) is 6.92 Å². The molecule has 1 amide bonds. The monoisotopic (exact) mass is 331 g/mol. The predicted molar refractivity (Wildman–Crippen MR) is 95.9 cm³/mol. The van der Waals surface area contributed by atoms with E-state index in [1.807, 2.05) is 36.4 Å². The highest BCUT2D eigenvalue weighted by Gasteiger charge is 2.27. The van der Waals surface area contributed by atoms with Gasteiger partial charge in [-0.3, -0.25) is 9.59 Å². The molecule has 124 valence electrons. The fourth-order valence-corrected chi connectivity index (χ4v) is 3.32. The Bertz CT molecular complexity index is 970. The molecule has 2 aromatic carbocycles. The van der Waals surface area contributed by atoms with Gasteiger partial charge in [-0.05, 0) is 48.2 Å². The Morgan fingerprint density at radius 1 is 1.00 bits per heavy atom. The molecule has 4 nitrogen and oxygen atoms in total. The lowest BCUT2D eigenvalue weighted by atomic mass is 9.95. The van der Waals surface area contributed by atoms with Crippen molar-refractivity contribution in [3.05, 3.63) is 77.2 Å². The van der Waals surface area contributed by atoms with E-state index in [4.69, 9.17) is 4.42 Å². The molecule has 1 aliphatic carbocycles. The van der Waals surface area contributed by atoms with Gasteiger partial charge in [0, 0.05) is 12.0 Å². The first-order valence-electron chi connectivity index (χ1n) is 8.26. The van der Waals surface area contributed by atoms with Crippen molar-refractivity contribution in [2.24, 2.45) is 0 Å². The number of hydrogen-bond donors (Lipinski definition) is 1. The number of fused-ring (bicyclic) bond motifs is 1. The first-order valence-corrected chi connectivity index (χ1v) is 8.26. The number of nitrogens with one attached hydrogen (secondary N) is 1. The third-order valence-electron chi connectivity index (χ3n) is 4.49. The highest BCUT2D eigenvalue weighted by molar-refractivity contribution is 6.11. The molecular weight excluding hydrogens is 314 g/mol. The number of benzene rings is 2. The van der Waals surface area contributed by atoms with Crippen LogP contribution in [0.5, 0.6) is 0 Å². The summed E-state index contributed by atoms with van der Waals surface area (Å²) >= 11 is 0. The zero-order chi connectivity index (χ0) is 17.4. The van der Waals surface area contributed by atoms with Gasteiger partial charge in [-0.2, -0.15) is 0 Å². The Morgan fingerprint density at radius 3 is 2.52 bits per heavy atom. The van der Waals surface area contributed by atoms with Crippen LogP contribution in [0.2, 0.25) is 0 Å². The Morgan fingerprint density at radius 2 is 1.80 bits per heavy atom. The van der Waals surface area contributed by atoms with Crippen LogP contribution in [0.1, 0.15) is 38.7 Å². The number of hydrogen-bond acceptors (Lipinski definition) is 3. The summed E-state index contributed by atoms with van der Waals surface area (Å²) in [5.74, 6) is 0.635. The van der Waals surface area contributed by atoms with E-state index >= 15 is 0 Å². The van der Waals surface area contributed by atoms with Gasteiger partial charge in [0.15, 0.2) is 11.5 Å². The van der Waals surface area contributed by atoms with Crippen molar-refractivity contribution in [1.82, 2.24) is 0 Å². The van der Waals surface area contributed by atoms with Crippen LogP contribution in [0.15, 0.2) is 59.0 Å². The maximum absolute atomic E-state index is 12.4. The van der Waals surface area contributed by atoms with Crippen LogP contribution in [-0.2, 0) is 6.42 Å². The topological polar surface area (TPSA) is 59.3 Å². The van der Waals surface area contributed by atoms with Crippen molar-refractivity contribution in [3.63, 3.8) is 0 Å². The molecule has 4 heteroatoms. The van der Waals surface area contributed by atoms with E-state index in [2.05, 4.69) is 5.32 Å². The number of rotatable bonds is 3. The zero-order valence-corrected chi connectivity index (χ0v) is 13.8. The molecule has 0 bridgehead atoms. The summed E-state index contributed by atoms with van der Waals surface area (Å²) < 4.78 is 5.36. The Labute approximate surface area is 145 Å². The van der Waals surface area contributed by atoms with E-state index in [1.54, 1.807) is 25.1 Å². The predicted octanol–water partition coefficient (Wildman–Crippen LogP) is 4.64. The number of aryl methyl sites for hydroxylation is 1. The van der Waals surface area contributed by atoms with Crippen LogP contribution in [0.25, 0.3) is 11.1 Å². The summed E-state index contributed by atoms with van der Waals surface area (Å²) in [5.41, 5.74) is 4.31. The molecule has 1 aliphatic rings. The fourth-order valence-electron chi connectivity index (χ4n) is 3.32. The molecule has 0 unspecified atom stereocenters. The molecule has 4 rings (SSSR count). The highest BCUT2D eigenvalue weighted by Crippen LogP contribution is 2.37. The number of carbonyl (C=O) groups excluding carboxylic acids is 2. The molecule has 0 saturated carbocycles.